The molecule has 0 aromatic heterocycles. The third-order valence-corrected chi connectivity index (χ3v) is 3.63. The number of likely N-dealkylation sites (N-methyl/N-ethyl adjacent to an activating group) is 1. The van der Waals surface area contributed by atoms with Crippen LogP contribution in [0.25, 0.3) is 0 Å². The largest absolute Gasteiger partial charge is 0.374 e. The SMILES string of the molecule is CC(Nc1ccc(Cl)cc1[N+](=O)[O-])C1CN(C)CCO1. The highest BCUT2D eigenvalue weighted by Gasteiger charge is 2.25. The first-order chi connectivity index (χ1) is 9.47. The summed E-state index contributed by atoms with van der Waals surface area (Å²) in [6.45, 7) is 4.35. The molecule has 2 unspecified atom stereocenters. The van der Waals surface area contributed by atoms with Gasteiger partial charge in [-0.05, 0) is 26.1 Å². The summed E-state index contributed by atoms with van der Waals surface area (Å²) in [5, 5.41) is 14.6. The molecule has 0 saturated carbocycles. The minimum absolute atomic E-state index is 0.00373. The lowest BCUT2D eigenvalue weighted by Crippen LogP contribution is -2.47. The van der Waals surface area contributed by atoms with Gasteiger partial charge in [0.1, 0.15) is 5.69 Å². The summed E-state index contributed by atoms with van der Waals surface area (Å²) in [7, 11) is 2.03. The lowest BCUT2D eigenvalue weighted by atomic mass is 10.1. The maximum absolute atomic E-state index is 11.1. The Kier molecular flexibility index (Phi) is 4.80. The number of nitrogens with zero attached hydrogens (tertiary/aromatic N) is 2. The average Bonchev–Trinajstić information content (AvgIpc) is 2.40. The molecule has 0 amide bonds. The molecule has 0 spiro atoms. The molecule has 0 aliphatic carbocycles. The zero-order chi connectivity index (χ0) is 14.7. The van der Waals surface area contributed by atoms with Crippen molar-refractivity contribution in [3.8, 4) is 0 Å². The number of nitro groups is 1. The number of benzene rings is 1. The summed E-state index contributed by atoms with van der Waals surface area (Å²) in [6.07, 6.45) is 0.00373. The number of hydrogen-bond acceptors (Lipinski definition) is 5. The van der Waals surface area contributed by atoms with Gasteiger partial charge in [-0.2, -0.15) is 0 Å². The van der Waals surface area contributed by atoms with Crippen molar-refractivity contribution in [2.24, 2.45) is 0 Å². The molecule has 0 radical (unpaired) electrons. The molecule has 0 bridgehead atoms. The average molecular weight is 300 g/mol. The number of morpholine rings is 1. The standard InChI is InChI=1S/C13H18ClN3O3/c1-9(13-8-16(2)5-6-20-13)15-11-4-3-10(14)7-12(11)17(18)19/h3-4,7,9,13,15H,5-6,8H2,1-2H3. The molecule has 2 atom stereocenters. The highest BCUT2D eigenvalue weighted by atomic mass is 35.5. The van der Waals surface area contributed by atoms with Gasteiger partial charge < -0.3 is 15.0 Å². The quantitative estimate of drug-likeness (QED) is 0.683. The molecule has 1 saturated heterocycles. The van der Waals surface area contributed by atoms with E-state index in [0.29, 0.717) is 17.3 Å². The summed E-state index contributed by atoms with van der Waals surface area (Å²) < 4.78 is 5.71. The number of nitrogens with one attached hydrogen (secondary N) is 1. The van der Waals surface area contributed by atoms with Gasteiger partial charge in [0.15, 0.2) is 0 Å². The van der Waals surface area contributed by atoms with Crippen LogP contribution in [0, 0.1) is 10.1 Å². The fourth-order valence-electron chi connectivity index (χ4n) is 2.23. The van der Waals surface area contributed by atoms with E-state index < -0.39 is 4.92 Å². The first kappa shape index (κ1) is 15.0. The molecule has 20 heavy (non-hydrogen) atoms. The molecule has 1 aliphatic heterocycles. The van der Waals surface area contributed by atoms with Crippen LogP contribution in [0.1, 0.15) is 6.92 Å². The molecule has 1 N–H and O–H groups in total. The van der Waals surface area contributed by atoms with E-state index in [2.05, 4.69) is 10.2 Å². The van der Waals surface area contributed by atoms with Crippen LogP contribution in [0.2, 0.25) is 5.02 Å². The van der Waals surface area contributed by atoms with Crippen molar-refractivity contribution < 1.29 is 9.66 Å². The zero-order valence-corrected chi connectivity index (χ0v) is 12.3. The molecular formula is C13H18ClN3O3. The lowest BCUT2D eigenvalue weighted by molar-refractivity contribution is -0.384. The van der Waals surface area contributed by atoms with E-state index in [9.17, 15) is 10.1 Å². The number of hydrogen-bond donors (Lipinski definition) is 1. The third kappa shape index (κ3) is 3.59. The van der Waals surface area contributed by atoms with Crippen molar-refractivity contribution in [3.05, 3.63) is 33.3 Å². The Morgan fingerprint density at radius 3 is 3.00 bits per heavy atom. The van der Waals surface area contributed by atoms with Crippen molar-refractivity contribution >= 4 is 23.0 Å². The van der Waals surface area contributed by atoms with Gasteiger partial charge in [-0.1, -0.05) is 11.6 Å². The molecule has 1 aromatic rings. The fraction of sp³-hybridized carbons (Fsp3) is 0.538. The molecule has 1 aromatic carbocycles. The summed E-state index contributed by atoms with van der Waals surface area (Å²) >= 11 is 5.80. The van der Waals surface area contributed by atoms with Crippen LogP contribution < -0.4 is 5.32 Å². The van der Waals surface area contributed by atoms with Crippen LogP contribution in [0.15, 0.2) is 18.2 Å². The molecular weight excluding hydrogens is 282 g/mol. The first-order valence-corrected chi connectivity index (χ1v) is 6.86. The topological polar surface area (TPSA) is 67.6 Å². The molecule has 1 fully saturated rings. The molecule has 1 aliphatic rings. The van der Waals surface area contributed by atoms with Crippen molar-refractivity contribution in [2.45, 2.75) is 19.1 Å². The van der Waals surface area contributed by atoms with Gasteiger partial charge in [0.2, 0.25) is 0 Å². The van der Waals surface area contributed by atoms with E-state index in [0.717, 1.165) is 13.1 Å². The van der Waals surface area contributed by atoms with Gasteiger partial charge in [0.05, 0.1) is 23.7 Å². The smallest absolute Gasteiger partial charge is 0.293 e. The highest BCUT2D eigenvalue weighted by molar-refractivity contribution is 6.30. The minimum Gasteiger partial charge on any atom is -0.374 e. The number of rotatable bonds is 4. The molecule has 7 heteroatoms. The fourth-order valence-corrected chi connectivity index (χ4v) is 2.40. The van der Waals surface area contributed by atoms with Crippen LogP contribution in [0.3, 0.4) is 0 Å². The Hall–Kier alpha value is -1.37. The summed E-state index contributed by atoms with van der Waals surface area (Å²) in [6, 6.07) is 4.59. The second-order valence-corrected chi connectivity index (χ2v) is 5.46. The minimum atomic E-state index is -0.436. The second-order valence-electron chi connectivity index (χ2n) is 5.02. The molecule has 6 nitrogen and oxygen atoms in total. The maximum atomic E-state index is 11.1. The first-order valence-electron chi connectivity index (χ1n) is 6.48. The monoisotopic (exact) mass is 299 g/mol. The van der Waals surface area contributed by atoms with Crippen molar-refractivity contribution in [1.29, 1.82) is 0 Å². The van der Waals surface area contributed by atoms with Crippen LogP contribution in [-0.2, 0) is 4.74 Å². The van der Waals surface area contributed by atoms with Crippen LogP contribution in [0.5, 0.6) is 0 Å². The van der Waals surface area contributed by atoms with Gasteiger partial charge in [0, 0.05) is 24.2 Å². The van der Waals surface area contributed by atoms with Crippen molar-refractivity contribution in [3.63, 3.8) is 0 Å². The van der Waals surface area contributed by atoms with Gasteiger partial charge in [-0.15, -0.1) is 0 Å². The summed E-state index contributed by atoms with van der Waals surface area (Å²) in [5.41, 5.74) is 0.442. The maximum Gasteiger partial charge on any atom is 0.293 e. The van der Waals surface area contributed by atoms with E-state index in [1.165, 1.54) is 6.07 Å². The Morgan fingerprint density at radius 2 is 2.35 bits per heavy atom. The van der Waals surface area contributed by atoms with Crippen LogP contribution in [-0.4, -0.2) is 48.7 Å². The molecule has 2 rings (SSSR count). The van der Waals surface area contributed by atoms with Crippen molar-refractivity contribution in [2.75, 3.05) is 32.1 Å². The molecule has 1 heterocycles. The summed E-state index contributed by atoms with van der Waals surface area (Å²) in [5.74, 6) is 0. The van der Waals surface area contributed by atoms with Crippen LogP contribution >= 0.6 is 11.6 Å². The van der Waals surface area contributed by atoms with E-state index in [1.807, 2.05) is 14.0 Å². The van der Waals surface area contributed by atoms with Gasteiger partial charge in [-0.25, -0.2) is 0 Å². The van der Waals surface area contributed by atoms with E-state index in [4.69, 9.17) is 16.3 Å². The Bertz CT molecular complexity index is 498. The van der Waals surface area contributed by atoms with Gasteiger partial charge in [-0.3, -0.25) is 10.1 Å². The summed E-state index contributed by atoms with van der Waals surface area (Å²) in [4.78, 5) is 12.8. The van der Waals surface area contributed by atoms with E-state index >= 15 is 0 Å². The van der Waals surface area contributed by atoms with Gasteiger partial charge in [0.25, 0.3) is 5.69 Å². The Morgan fingerprint density at radius 1 is 1.60 bits per heavy atom. The number of ether oxygens (including phenoxy) is 1. The van der Waals surface area contributed by atoms with Crippen LogP contribution in [0.4, 0.5) is 11.4 Å². The number of halogens is 1. The lowest BCUT2D eigenvalue weighted by Gasteiger charge is -2.34. The normalized spacial score (nSPS) is 21.4. The third-order valence-electron chi connectivity index (χ3n) is 3.39. The molecule has 110 valence electrons. The second kappa shape index (κ2) is 6.39. The predicted octanol–water partition coefficient (Wildman–Crippen LogP) is 2.38. The van der Waals surface area contributed by atoms with Crippen molar-refractivity contribution in [1.82, 2.24) is 4.90 Å². The van der Waals surface area contributed by atoms with E-state index in [1.54, 1.807) is 12.1 Å². The Balaban J connectivity index is 2.11. The highest BCUT2D eigenvalue weighted by Crippen LogP contribution is 2.28. The number of nitro benzene ring substituents is 1. The van der Waals surface area contributed by atoms with Gasteiger partial charge >= 0.3 is 0 Å². The predicted molar refractivity (Wildman–Crippen MR) is 78.4 cm³/mol. The zero-order valence-electron chi connectivity index (χ0n) is 11.5. The van der Waals surface area contributed by atoms with E-state index in [-0.39, 0.29) is 17.8 Å². The Labute approximate surface area is 122 Å². The number of anilines is 1.